The normalized spacial score (nSPS) is 12.7. The summed E-state index contributed by atoms with van der Waals surface area (Å²) in [4.78, 5) is 24.9. The van der Waals surface area contributed by atoms with E-state index in [0.29, 0.717) is 17.7 Å². The number of likely N-dealkylation sites (N-methyl/N-ethyl adjacent to an activating group) is 1. The lowest BCUT2D eigenvalue weighted by molar-refractivity contribution is -0.153. The van der Waals surface area contributed by atoms with Gasteiger partial charge >= 0.3 is 12.2 Å². The molecular weight excluding hydrogens is 351 g/mol. The number of rotatable bonds is 6. The van der Waals surface area contributed by atoms with Gasteiger partial charge in [0.05, 0.1) is 6.04 Å². The molecule has 1 aromatic carbocycles. The van der Waals surface area contributed by atoms with Crippen molar-refractivity contribution in [2.24, 2.45) is 0 Å². The molecule has 2 N–H and O–H groups in total. The Kier molecular flexibility index (Phi) is 7.43. The first-order chi connectivity index (χ1) is 11.9. The third-order valence-corrected chi connectivity index (χ3v) is 3.84. The highest BCUT2D eigenvalue weighted by Gasteiger charge is 2.29. The van der Waals surface area contributed by atoms with E-state index in [1.165, 1.54) is 7.05 Å². The van der Waals surface area contributed by atoms with Crippen LogP contribution in [0.4, 0.5) is 18.0 Å². The fourth-order valence-corrected chi connectivity index (χ4v) is 2.42. The van der Waals surface area contributed by atoms with Crippen LogP contribution in [0.25, 0.3) is 0 Å². The maximum atomic E-state index is 12.3. The van der Waals surface area contributed by atoms with Crippen LogP contribution in [0.1, 0.15) is 23.6 Å². The van der Waals surface area contributed by atoms with Crippen LogP contribution in [0.3, 0.4) is 0 Å². The molecular formula is C17H24F3N3O3. The van der Waals surface area contributed by atoms with Gasteiger partial charge in [0.1, 0.15) is 5.75 Å². The lowest BCUT2D eigenvalue weighted by Crippen LogP contribution is -2.47. The molecule has 9 heteroatoms. The number of amides is 3. The molecule has 26 heavy (non-hydrogen) atoms. The Labute approximate surface area is 150 Å². The van der Waals surface area contributed by atoms with Gasteiger partial charge in [-0.25, -0.2) is 4.79 Å². The molecule has 1 rings (SSSR count). The van der Waals surface area contributed by atoms with Gasteiger partial charge in [-0.2, -0.15) is 13.2 Å². The summed E-state index contributed by atoms with van der Waals surface area (Å²) < 4.78 is 41.9. The molecule has 0 aliphatic heterocycles. The quantitative estimate of drug-likeness (QED) is 0.802. The molecule has 0 aromatic heterocycles. The lowest BCUT2D eigenvalue weighted by Gasteiger charge is -2.24. The Morgan fingerprint density at radius 3 is 2.23 bits per heavy atom. The van der Waals surface area contributed by atoms with Crippen molar-refractivity contribution in [3.63, 3.8) is 0 Å². The first-order valence-corrected chi connectivity index (χ1v) is 7.97. The van der Waals surface area contributed by atoms with E-state index in [1.54, 1.807) is 44.9 Å². The molecule has 1 aromatic rings. The van der Waals surface area contributed by atoms with Crippen molar-refractivity contribution in [3.8, 4) is 5.75 Å². The van der Waals surface area contributed by atoms with Crippen LogP contribution in [0.5, 0.6) is 5.75 Å². The van der Waals surface area contributed by atoms with E-state index >= 15 is 0 Å². The molecule has 6 nitrogen and oxygen atoms in total. The standard InChI is InChI=1S/C17H24F3N3O3/c1-10-6-13(7-11(2)14(10)26-9-17(18,19)20)8-23(5)12(3)15(24)22-16(25)21-4/h6-7,12H,8-9H2,1-5H3,(H2,21,22,24,25). The van der Waals surface area contributed by atoms with Crippen LogP contribution in [-0.4, -0.2) is 49.8 Å². The van der Waals surface area contributed by atoms with E-state index < -0.39 is 30.8 Å². The summed E-state index contributed by atoms with van der Waals surface area (Å²) in [6.45, 7) is 4.03. The Hall–Kier alpha value is -2.29. The number of ether oxygens (including phenoxy) is 1. The number of hydrogen-bond acceptors (Lipinski definition) is 4. The molecule has 0 saturated heterocycles. The predicted molar refractivity (Wildman–Crippen MR) is 91.0 cm³/mol. The molecule has 146 valence electrons. The van der Waals surface area contributed by atoms with Gasteiger partial charge in [0.25, 0.3) is 0 Å². The molecule has 0 saturated carbocycles. The largest absolute Gasteiger partial charge is 0.484 e. The first kappa shape index (κ1) is 21.8. The highest BCUT2D eigenvalue weighted by atomic mass is 19.4. The summed E-state index contributed by atoms with van der Waals surface area (Å²) in [6.07, 6.45) is -4.40. The number of hydrogen-bond donors (Lipinski definition) is 2. The van der Waals surface area contributed by atoms with Crippen LogP contribution < -0.4 is 15.4 Å². The molecule has 0 spiro atoms. The van der Waals surface area contributed by atoms with Gasteiger partial charge < -0.3 is 10.1 Å². The number of imide groups is 1. The minimum Gasteiger partial charge on any atom is -0.484 e. The van der Waals surface area contributed by atoms with Crippen molar-refractivity contribution in [1.29, 1.82) is 0 Å². The zero-order valence-electron chi connectivity index (χ0n) is 15.5. The average Bonchev–Trinajstić information content (AvgIpc) is 2.51. The maximum absolute atomic E-state index is 12.3. The highest BCUT2D eigenvalue weighted by molar-refractivity contribution is 5.96. The van der Waals surface area contributed by atoms with Gasteiger partial charge in [-0.1, -0.05) is 12.1 Å². The second kappa shape index (κ2) is 8.88. The van der Waals surface area contributed by atoms with Crippen LogP contribution in [-0.2, 0) is 11.3 Å². The number of nitrogens with one attached hydrogen (secondary N) is 2. The molecule has 0 radical (unpaired) electrons. The minimum absolute atomic E-state index is 0.208. The molecule has 0 bridgehead atoms. The SMILES string of the molecule is CNC(=O)NC(=O)C(C)N(C)Cc1cc(C)c(OCC(F)(F)F)c(C)c1. The lowest BCUT2D eigenvalue weighted by atomic mass is 10.0. The summed E-state index contributed by atoms with van der Waals surface area (Å²) in [5, 5.41) is 4.50. The van der Waals surface area contributed by atoms with Gasteiger partial charge in [-0.15, -0.1) is 0 Å². The number of halogens is 3. The van der Waals surface area contributed by atoms with E-state index in [1.807, 2.05) is 0 Å². The first-order valence-electron chi connectivity index (χ1n) is 7.97. The van der Waals surface area contributed by atoms with E-state index in [0.717, 1.165) is 5.56 Å². The number of carbonyl (C=O) groups is 2. The smallest absolute Gasteiger partial charge is 0.422 e. The van der Waals surface area contributed by atoms with Crippen LogP contribution in [0.2, 0.25) is 0 Å². The Balaban J connectivity index is 2.81. The zero-order valence-corrected chi connectivity index (χ0v) is 15.5. The van der Waals surface area contributed by atoms with Crippen LogP contribution >= 0.6 is 0 Å². The van der Waals surface area contributed by atoms with Gasteiger partial charge in [0, 0.05) is 13.6 Å². The van der Waals surface area contributed by atoms with Crippen LogP contribution in [0, 0.1) is 13.8 Å². The number of carbonyl (C=O) groups excluding carboxylic acids is 2. The van der Waals surface area contributed by atoms with Crippen LogP contribution in [0.15, 0.2) is 12.1 Å². The zero-order chi connectivity index (χ0) is 20.1. The Morgan fingerprint density at radius 1 is 1.23 bits per heavy atom. The van der Waals surface area contributed by atoms with E-state index in [9.17, 15) is 22.8 Å². The van der Waals surface area contributed by atoms with Crippen molar-refractivity contribution in [2.45, 2.75) is 39.5 Å². The fraction of sp³-hybridized carbons (Fsp3) is 0.529. The van der Waals surface area contributed by atoms with Crippen molar-refractivity contribution in [3.05, 3.63) is 28.8 Å². The van der Waals surface area contributed by atoms with Crippen molar-refractivity contribution < 1.29 is 27.5 Å². The molecule has 0 fully saturated rings. The van der Waals surface area contributed by atoms with Crippen molar-refractivity contribution >= 4 is 11.9 Å². The van der Waals surface area contributed by atoms with Gasteiger partial charge in [0.15, 0.2) is 6.61 Å². The Morgan fingerprint density at radius 2 is 1.77 bits per heavy atom. The van der Waals surface area contributed by atoms with Gasteiger partial charge in [-0.05, 0) is 44.5 Å². The number of alkyl halides is 3. The fourth-order valence-electron chi connectivity index (χ4n) is 2.42. The van der Waals surface area contributed by atoms with E-state index in [2.05, 4.69) is 10.6 Å². The number of aryl methyl sites for hydroxylation is 2. The number of urea groups is 1. The summed E-state index contributed by atoms with van der Waals surface area (Å²) in [6, 6.07) is 2.28. The van der Waals surface area contributed by atoms with E-state index in [4.69, 9.17) is 4.74 Å². The summed E-state index contributed by atoms with van der Waals surface area (Å²) >= 11 is 0. The summed E-state index contributed by atoms with van der Waals surface area (Å²) in [5.41, 5.74) is 1.99. The van der Waals surface area contributed by atoms with Crippen molar-refractivity contribution in [1.82, 2.24) is 15.5 Å². The van der Waals surface area contributed by atoms with Crippen molar-refractivity contribution in [2.75, 3.05) is 20.7 Å². The Bertz CT molecular complexity index is 639. The summed E-state index contributed by atoms with van der Waals surface area (Å²) in [5.74, 6) is -0.246. The molecule has 1 unspecified atom stereocenters. The summed E-state index contributed by atoms with van der Waals surface area (Å²) in [7, 11) is 3.12. The topological polar surface area (TPSA) is 70.7 Å². The third-order valence-electron chi connectivity index (χ3n) is 3.84. The predicted octanol–water partition coefficient (Wildman–Crippen LogP) is 2.52. The maximum Gasteiger partial charge on any atom is 0.422 e. The third kappa shape index (κ3) is 6.55. The van der Waals surface area contributed by atoms with Gasteiger partial charge in [-0.3, -0.25) is 15.0 Å². The molecule has 0 aliphatic carbocycles. The second-order valence-electron chi connectivity index (χ2n) is 6.12. The number of nitrogens with zero attached hydrogens (tertiary/aromatic N) is 1. The second-order valence-corrected chi connectivity index (χ2v) is 6.12. The van der Waals surface area contributed by atoms with E-state index in [-0.39, 0.29) is 5.75 Å². The average molecular weight is 375 g/mol. The molecule has 0 aliphatic rings. The molecule has 1 atom stereocenters. The molecule has 3 amide bonds. The minimum atomic E-state index is -4.40. The van der Waals surface area contributed by atoms with Gasteiger partial charge in [0.2, 0.25) is 5.91 Å². The number of benzene rings is 1. The monoisotopic (exact) mass is 375 g/mol. The highest BCUT2D eigenvalue weighted by Crippen LogP contribution is 2.27. The molecule has 0 heterocycles.